The molecular weight excluding hydrogens is 262 g/mol. The van der Waals surface area contributed by atoms with Gasteiger partial charge in [-0.3, -0.25) is 4.68 Å². The number of benzene rings is 1. The van der Waals surface area contributed by atoms with Gasteiger partial charge in [-0.2, -0.15) is 5.10 Å². The van der Waals surface area contributed by atoms with E-state index in [0.29, 0.717) is 0 Å². The normalized spacial score (nSPS) is 17.3. The predicted octanol–water partition coefficient (Wildman–Crippen LogP) is 2.17. The molecule has 0 aliphatic carbocycles. The maximum atomic E-state index is 5.98. The topological polar surface area (TPSA) is 39.1 Å². The number of aromatic nitrogens is 2. The van der Waals surface area contributed by atoms with Gasteiger partial charge in [0.25, 0.3) is 0 Å². The zero-order valence-electron chi connectivity index (χ0n) is 10.8. The van der Waals surface area contributed by atoms with Crippen molar-refractivity contribution in [1.82, 2.24) is 15.1 Å². The van der Waals surface area contributed by atoms with Crippen LogP contribution in [-0.4, -0.2) is 22.4 Å². The van der Waals surface area contributed by atoms with E-state index in [1.807, 2.05) is 37.5 Å². The van der Waals surface area contributed by atoms with E-state index in [2.05, 4.69) is 10.4 Å². The van der Waals surface area contributed by atoms with E-state index in [0.717, 1.165) is 36.0 Å². The van der Waals surface area contributed by atoms with Crippen molar-refractivity contribution in [2.75, 3.05) is 6.54 Å². The zero-order chi connectivity index (χ0) is 13.2. The number of ether oxygens (including phenoxy) is 1. The summed E-state index contributed by atoms with van der Waals surface area (Å²) < 4.78 is 7.66. The number of hydrogen-bond donors (Lipinski definition) is 1. The van der Waals surface area contributed by atoms with E-state index in [9.17, 15) is 0 Å². The summed E-state index contributed by atoms with van der Waals surface area (Å²) in [5.41, 5.74) is 2.23. The highest BCUT2D eigenvalue weighted by Crippen LogP contribution is 2.30. The van der Waals surface area contributed by atoms with Gasteiger partial charge in [0, 0.05) is 37.8 Å². The largest absolute Gasteiger partial charge is 0.488 e. The Labute approximate surface area is 117 Å². The second kappa shape index (κ2) is 5.23. The van der Waals surface area contributed by atoms with Crippen LogP contribution >= 0.6 is 11.6 Å². The highest BCUT2D eigenvalue weighted by atomic mass is 35.5. The first-order valence-electron chi connectivity index (χ1n) is 6.35. The van der Waals surface area contributed by atoms with Crippen molar-refractivity contribution in [3.63, 3.8) is 0 Å². The van der Waals surface area contributed by atoms with Crippen LogP contribution in [0, 0.1) is 0 Å². The summed E-state index contributed by atoms with van der Waals surface area (Å²) in [6, 6.07) is 7.80. The first kappa shape index (κ1) is 12.5. The third kappa shape index (κ3) is 2.91. The summed E-state index contributed by atoms with van der Waals surface area (Å²) in [7, 11) is 1.92. The fourth-order valence-corrected chi connectivity index (χ4v) is 2.52. The van der Waals surface area contributed by atoms with E-state index < -0.39 is 0 Å². The standard InChI is InChI=1S/C14H16ClN3O/c1-18-5-4-12(17-18)8-16-9-13-7-10-6-11(15)2-3-14(10)19-13/h2-6,13,16H,7-9H2,1H3. The number of fused-ring (bicyclic) bond motifs is 1. The third-order valence-corrected chi connectivity index (χ3v) is 3.45. The van der Waals surface area contributed by atoms with E-state index in [1.54, 1.807) is 4.68 Å². The summed E-state index contributed by atoms with van der Waals surface area (Å²) in [5.74, 6) is 0.953. The lowest BCUT2D eigenvalue weighted by atomic mass is 10.1. The molecule has 0 radical (unpaired) electrons. The number of rotatable bonds is 4. The van der Waals surface area contributed by atoms with Crippen molar-refractivity contribution in [3.8, 4) is 5.75 Å². The van der Waals surface area contributed by atoms with E-state index in [4.69, 9.17) is 16.3 Å². The number of nitrogens with zero attached hydrogens (tertiary/aromatic N) is 2. The Morgan fingerprint density at radius 1 is 1.47 bits per heavy atom. The molecule has 1 unspecified atom stereocenters. The number of halogens is 1. The zero-order valence-corrected chi connectivity index (χ0v) is 11.5. The monoisotopic (exact) mass is 277 g/mol. The maximum Gasteiger partial charge on any atom is 0.123 e. The van der Waals surface area contributed by atoms with Gasteiger partial charge in [-0.25, -0.2) is 0 Å². The van der Waals surface area contributed by atoms with Gasteiger partial charge in [0.05, 0.1) is 5.69 Å². The highest BCUT2D eigenvalue weighted by Gasteiger charge is 2.22. The van der Waals surface area contributed by atoms with Crippen molar-refractivity contribution < 1.29 is 4.74 Å². The first-order chi connectivity index (χ1) is 9.20. The molecule has 1 aliphatic heterocycles. The molecule has 1 aromatic carbocycles. The lowest BCUT2D eigenvalue weighted by Gasteiger charge is -2.10. The smallest absolute Gasteiger partial charge is 0.123 e. The molecule has 4 nitrogen and oxygen atoms in total. The van der Waals surface area contributed by atoms with Gasteiger partial charge in [0.15, 0.2) is 0 Å². The molecule has 1 aliphatic rings. The Kier molecular flexibility index (Phi) is 3.44. The maximum absolute atomic E-state index is 5.98. The lowest BCUT2D eigenvalue weighted by Crippen LogP contribution is -2.29. The van der Waals surface area contributed by atoms with Gasteiger partial charge in [-0.05, 0) is 29.8 Å². The van der Waals surface area contributed by atoms with Crippen molar-refractivity contribution in [2.45, 2.75) is 19.1 Å². The van der Waals surface area contributed by atoms with Gasteiger partial charge in [0.1, 0.15) is 11.9 Å². The van der Waals surface area contributed by atoms with E-state index in [-0.39, 0.29) is 6.10 Å². The summed E-state index contributed by atoms with van der Waals surface area (Å²) >= 11 is 5.98. The number of nitrogens with one attached hydrogen (secondary N) is 1. The number of aryl methyl sites for hydroxylation is 1. The van der Waals surface area contributed by atoms with Gasteiger partial charge >= 0.3 is 0 Å². The quantitative estimate of drug-likeness (QED) is 0.931. The average Bonchev–Trinajstić information content (AvgIpc) is 2.95. The van der Waals surface area contributed by atoms with Crippen molar-refractivity contribution in [3.05, 3.63) is 46.7 Å². The lowest BCUT2D eigenvalue weighted by molar-refractivity contribution is 0.227. The molecule has 2 aromatic rings. The average molecular weight is 278 g/mol. The molecule has 0 amide bonds. The third-order valence-electron chi connectivity index (χ3n) is 3.21. The molecule has 0 saturated heterocycles. The molecule has 0 saturated carbocycles. The van der Waals surface area contributed by atoms with Crippen LogP contribution in [0.1, 0.15) is 11.3 Å². The van der Waals surface area contributed by atoms with E-state index in [1.165, 1.54) is 5.56 Å². The Bertz CT molecular complexity index is 582. The molecular formula is C14H16ClN3O. The van der Waals surface area contributed by atoms with Crippen LogP contribution in [0.3, 0.4) is 0 Å². The molecule has 19 heavy (non-hydrogen) atoms. The van der Waals surface area contributed by atoms with Crippen LogP contribution in [0.2, 0.25) is 5.02 Å². The minimum atomic E-state index is 0.178. The van der Waals surface area contributed by atoms with E-state index >= 15 is 0 Å². The van der Waals surface area contributed by atoms with Crippen LogP contribution in [-0.2, 0) is 20.0 Å². The molecule has 0 spiro atoms. The Morgan fingerprint density at radius 3 is 3.16 bits per heavy atom. The summed E-state index contributed by atoms with van der Waals surface area (Å²) in [5, 5.41) is 8.46. The van der Waals surface area contributed by atoms with Crippen LogP contribution in [0.5, 0.6) is 5.75 Å². The van der Waals surface area contributed by atoms with Crippen molar-refractivity contribution >= 4 is 11.6 Å². The second-order valence-electron chi connectivity index (χ2n) is 4.81. The molecule has 1 N–H and O–H groups in total. The van der Waals surface area contributed by atoms with Gasteiger partial charge < -0.3 is 10.1 Å². The summed E-state index contributed by atoms with van der Waals surface area (Å²) in [4.78, 5) is 0. The minimum Gasteiger partial charge on any atom is -0.488 e. The molecule has 0 fully saturated rings. The van der Waals surface area contributed by atoms with Crippen molar-refractivity contribution in [2.24, 2.45) is 7.05 Å². The Hall–Kier alpha value is -1.52. The molecule has 2 heterocycles. The number of hydrogen-bond acceptors (Lipinski definition) is 3. The summed E-state index contributed by atoms with van der Waals surface area (Å²) in [6.45, 7) is 1.57. The molecule has 5 heteroatoms. The van der Waals surface area contributed by atoms with Gasteiger partial charge in [0.2, 0.25) is 0 Å². The molecule has 1 aromatic heterocycles. The van der Waals surface area contributed by atoms with Crippen LogP contribution in [0.4, 0.5) is 0 Å². The van der Waals surface area contributed by atoms with Crippen LogP contribution < -0.4 is 10.1 Å². The second-order valence-corrected chi connectivity index (χ2v) is 5.24. The van der Waals surface area contributed by atoms with Crippen LogP contribution in [0.15, 0.2) is 30.5 Å². The Morgan fingerprint density at radius 2 is 2.37 bits per heavy atom. The SMILES string of the molecule is Cn1ccc(CNCC2Cc3cc(Cl)ccc3O2)n1. The minimum absolute atomic E-state index is 0.178. The van der Waals surface area contributed by atoms with Gasteiger partial charge in [-0.1, -0.05) is 11.6 Å². The summed E-state index contributed by atoms with van der Waals surface area (Å²) in [6.07, 6.45) is 3.03. The molecule has 3 rings (SSSR count). The fourth-order valence-electron chi connectivity index (χ4n) is 2.32. The fraction of sp³-hybridized carbons (Fsp3) is 0.357. The molecule has 0 bridgehead atoms. The first-order valence-corrected chi connectivity index (χ1v) is 6.73. The molecule has 1 atom stereocenters. The van der Waals surface area contributed by atoms with Crippen molar-refractivity contribution in [1.29, 1.82) is 0 Å². The highest BCUT2D eigenvalue weighted by molar-refractivity contribution is 6.30. The Balaban J connectivity index is 1.51. The van der Waals surface area contributed by atoms with Crippen LogP contribution in [0.25, 0.3) is 0 Å². The van der Waals surface area contributed by atoms with Gasteiger partial charge in [-0.15, -0.1) is 0 Å². The molecule has 100 valence electrons. The predicted molar refractivity (Wildman–Crippen MR) is 74.5 cm³/mol.